The number of nitrogens with zero attached hydrogens (tertiary/aromatic N) is 1. The van der Waals surface area contributed by atoms with Crippen LogP contribution in [0.2, 0.25) is 0 Å². The molecule has 8 atom stereocenters. The third kappa shape index (κ3) is 3.10. The minimum absolute atomic E-state index is 0.123. The first kappa shape index (κ1) is 20.0. The zero-order valence-corrected chi connectivity index (χ0v) is 18.2. The molecular formula is C24H38N2O3. The van der Waals surface area contributed by atoms with Crippen molar-refractivity contribution in [2.24, 2.45) is 45.6 Å². The number of carbonyl (C=O) groups is 1. The molecule has 29 heavy (non-hydrogen) atoms. The molecule has 4 aliphatic carbocycles. The Hall–Kier alpha value is -0.940. The molecule has 0 aromatic carbocycles. The second-order valence-corrected chi connectivity index (χ2v) is 11.2. The highest BCUT2D eigenvalue weighted by Crippen LogP contribution is 2.66. The Balaban J connectivity index is 1.36. The van der Waals surface area contributed by atoms with Crippen molar-refractivity contribution in [1.82, 2.24) is 5.32 Å². The lowest BCUT2D eigenvalue weighted by Crippen LogP contribution is -2.57. The molecule has 1 heterocycles. The average Bonchev–Trinajstić information content (AvgIpc) is 3.34. The molecule has 0 bridgehead atoms. The van der Waals surface area contributed by atoms with Crippen molar-refractivity contribution < 1.29 is 14.7 Å². The van der Waals surface area contributed by atoms with Gasteiger partial charge in [-0.1, -0.05) is 19.0 Å². The number of hydrogen-bond donors (Lipinski definition) is 2. The lowest BCUT2D eigenvalue weighted by Gasteiger charge is -2.61. The molecule has 0 spiro atoms. The van der Waals surface area contributed by atoms with Crippen LogP contribution in [-0.2, 0) is 9.63 Å². The molecule has 0 amide bonds. The predicted octanol–water partition coefficient (Wildman–Crippen LogP) is 3.55. The average molecular weight is 403 g/mol. The second kappa shape index (κ2) is 7.33. The first-order chi connectivity index (χ1) is 14.0. The largest absolute Gasteiger partial charge is 0.396 e. The zero-order chi connectivity index (χ0) is 20.2. The Morgan fingerprint density at radius 2 is 2.03 bits per heavy atom. The highest BCUT2D eigenvalue weighted by Gasteiger charge is 2.62. The van der Waals surface area contributed by atoms with Gasteiger partial charge in [-0.25, -0.2) is 0 Å². The monoisotopic (exact) mass is 402 g/mol. The van der Waals surface area contributed by atoms with Crippen LogP contribution in [0.3, 0.4) is 0 Å². The summed E-state index contributed by atoms with van der Waals surface area (Å²) in [6.45, 7) is 6.95. The fraction of sp³-hybridized carbons (Fsp3) is 0.917. The third-order valence-electron chi connectivity index (χ3n) is 9.97. The number of aliphatic hydroxyl groups is 1. The van der Waals surface area contributed by atoms with Gasteiger partial charge in [0, 0.05) is 31.4 Å². The number of rotatable bonds is 3. The first-order valence-electron chi connectivity index (χ1n) is 12.0. The van der Waals surface area contributed by atoms with Crippen LogP contribution in [0.5, 0.6) is 0 Å². The summed E-state index contributed by atoms with van der Waals surface area (Å²) < 4.78 is 0. The summed E-state index contributed by atoms with van der Waals surface area (Å²) in [5, 5.41) is 18.3. The number of hydrogen-bond acceptors (Lipinski definition) is 5. The molecular weight excluding hydrogens is 364 g/mol. The number of carbonyl (C=O) groups excluding carboxylic acids is 1. The Bertz CT molecular complexity index is 688. The second-order valence-electron chi connectivity index (χ2n) is 11.2. The highest BCUT2D eigenvalue weighted by molar-refractivity contribution is 5.87. The summed E-state index contributed by atoms with van der Waals surface area (Å²) in [5.41, 5.74) is 1.42. The molecule has 5 fully saturated rings. The minimum Gasteiger partial charge on any atom is -0.396 e. The molecule has 0 aromatic rings. The van der Waals surface area contributed by atoms with Gasteiger partial charge in [0.25, 0.3) is 0 Å². The smallest absolute Gasteiger partial charge is 0.141 e. The van der Waals surface area contributed by atoms with Gasteiger partial charge in [0.2, 0.25) is 0 Å². The minimum atomic E-state index is -0.123. The maximum absolute atomic E-state index is 12.7. The van der Waals surface area contributed by atoms with Crippen LogP contribution in [0.15, 0.2) is 5.16 Å². The SMILES string of the molecule is C[C@]12CCC(=NO[C@@H]3CCNC3)CC1C[C@H](CO)[C@@H]1[C@@H]2CC[C@]2(C)C(=O)CC[C@@H]12. The van der Waals surface area contributed by atoms with Crippen LogP contribution in [0, 0.1) is 40.4 Å². The standard InChI is InChI=1S/C24H38N2O3/c1-23-8-5-17(26-29-18-7-10-25-13-18)12-16(23)11-15(14-27)22-19-3-4-21(28)24(19,2)9-6-20(22)23/h15-16,18-20,22,25,27H,3-14H2,1-2H3/t15-,16?,18-,19+,20+,22+,23+,24+/m1/s1. The van der Waals surface area contributed by atoms with E-state index in [9.17, 15) is 9.90 Å². The van der Waals surface area contributed by atoms with Gasteiger partial charge in [-0.2, -0.15) is 0 Å². The summed E-state index contributed by atoms with van der Waals surface area (Å²) in [6, 6.07) is 0. The lowest BCUT2D eigenvalue weighted by molar-refractivity contribution is -0.148. The van der Waals surface area contributed by atoms with Gasteiger partial charge in [-0.15, -0.1) is 0 Å². The summed E-state index contributed by atoms with van der Waals surface area (Å²) >= 11 is 0. The van der Waals surface area contributed by atoms with Crippen molar-refractivity contribution in [3.05, 3.63) is 0 Å². The van der Waals surface area contributed by atoms with Gasteiger partial charge >= 0.3 is 0 Å². The first-order valence-corrected chi connectivity index (χ1v) is 12.0. The van der Waals surface area contributed by atoms with E-state index in [0.29, 0.717) is 40.8 Å². The lowest BCUT2D eigenvalue weighted by atomic mass is 9.43. The van der Waals surface area contributed by atoms with Gasteiger partial charge in [0.1, 0.15) is 11.9 Å². The Morgan fingerprint density at radius 1 is 1.17 bits per heavy atom. The number of nitrogens with one attached hydrogen (secondary N) is 1. The molecule has 162 valence electrons. The van der Waals surface area contributed by atoms with Crippen LogP contribution in [0.4, 0.5) is 0 Å². The van der Waals surface area contributed by atoms with E-state index >= 15 is 0 Å². The maximum Gasteiger partial charge on any atom is 0.141 e. The third-order valence-corrected chi connectivity index (χ3v) is 9.97. The normalized spacial score (nSPS) is 50.9. The quantitative estimate of drug-likeness (QED) is 0.708. The fourth-order valence-corrected chi connectivity index (χ4v) is 8.14. The molecule has 5 heteroatoms. The Kier molecular flexibility index (Phi) is 5.05. The Labute approximate surface area is 175 Å². The van der Waals surface area contributed by atoms with Crippen molar-refractivity contribution in [3.63, 3.8) is 0 Å². The fourth-order valence-electron chi connectivity index (χ4n) is 8.14. The molecule has 5 rings (SSSR count). The highest BCUT2D eigenvalue weighted by atomic mass is 16.6. The number of oxime groups is 1. The number of ketones is 1. The van der Waals surface area contributed by atoms with Crippen LogP contribution < -0.4 is 5.32 Å². The van der Waals surface area contributed by atoms with Crippen molar-refractivity contribution in [3.8, 4) is 0 Å². The molecule has 2 N–H and O–H groups in total. The van der Waals surface area contributed by atoms with Gasteiger partial charge in [0.15, 0.2) is 0 Å². The van der Waals surface area contributed by atoms with Gasteiger partial charge < -0.3 is 15.3 Å². The van der Waals surface area contributed by atoms with E-state index in [1.165, 1.54) is 12.1 Å². The summed E-state index contributed by atoms with van der Waals surface area (Å²) in [6.07, 6.45) is 9.62. The van der Waals surface area contributed by atoms with E-state index in [1.54, 1.807) is 0 Å². The van der Waals surface area contributed by atoms with Gasteiger partial charge in [-0.05, 0) is 86.5 Å². The van der Waals surface area contributed by atoms with E-state index in [4.69, 9.17) is 4.84 Å². The van der Waals surface area contributed by atoms with Crippen molar-refractivity contribution >= 4 is 11.5 Å². The number of aliphatic hydroxyl groups excluding tert-OH is 1. The van der Waals surface area contributed by atoms with E-state index in [-0.39, 0.29) is 18.1 Å². The van der Waals surface area contributed by atoms with Gasteiger partial charge in [0.05, 0.1) is 5.71 Å². The summed E-state index contributed by atoms with van der Waals surface area (Å²) in [4.78, 5) is 18.5. The molecule has 0 radical (unpaired) electrons. The van der Waals surface area contributed by atoms with Crippen LogP contribution in [0.1, 0.15) is 71.6 Å². The van der Waals surface area contributed by atoms with E-state index < -0.39 is 0 Å². The molecule has 5 nitrogen and oxygen atoms in total. The van der Waals surface area contributed by atoms with E-state index in [0.717, 1.165) is 64.5 Å². The molecule has 5 aliphatic rings. The number of Topliss-reactive ketones (excluding diaryl/α,β-unsaturated/α-hetero) is 1. The van der Waals surface area contributed by atoms with Crippen LogP contribution in [0.25, 0.3) is 0 Å². The molecule has 1 saturated heterocycles. The Morgan fingerprint density at radius 3 is 2.79 bits per heavy atom. The van der Waals surface area contributed by atoms with Gasteiger partial charge in [-0.3, -0.25) is 4.79 Å². The van der Waals surface area contributed by atoms with Crippen molar-refractivity contribution in [2.75, 3.05) is 19.7 Å². The van der Waals surface area contributed by atoms with Crippen molar-refractivity contribution in [1.29, 1.82) is 0 Å². The van der Waals surface area contributed by atoms with Crippen molar-refractivity contribution in [2.45, 2.75) is 77.7 Å². The number of fused-ring (bicyclic) bond motifs is 5. The van der Waals surface area contributed by atoms with E-state index in [1.807, 2.05) is 0 Å². The molecule has 0 aromatic heterocycles. The predicted molar refractivity (Wildman–Crippen MR) is 112 cm³/mol. The maximum atomic E-state index is 12.7. The van der Waals surface area contributed by atoms with Crippen LogP contribution in [-0.4, -0.2) is 42.4 Å². The zero-order valence-electron chi connectivity index (χ0n) is 18.2. The molecule has 1 aliphatic heterocycles. The molecule has 4 saturated carbocycles. The van der Waals surface area contributed by atoms with Crippen LogP contribution >= 0.6 is 0 Å². The summed E-state index contributed by atoms with van der Waals surface area (Å²) in [5.74, 6) is 3.06. The summed E-state index contributed by atoms with van der Waals surface area (Å²) in [7, 11) is 0. The van der Waals surface area contributed by atoms with E-state index in [2.05, 4.69) is 24.3 Å². The topological polar surface area (TPSA) is 70.9 Å². The molecule has 1 unspecified atom stereocenters.